The highest BCUT2D eigenvalue weighted by Gasteiger charge is 2.32. The average Bonchev–Trinajstić information content (AvgIpc) is 2.75. The summed E-state index contributed by atoms with van der Waals surface area (Å²) < 4.78 is 1.09. The number of rotatable bonds is 2. The Hall–Kier alpha value is -0.310. The van der Waals surface area contributed by atoms with Crippen molar-refractivity contribution in [3.63, 3.8) is 0 Å². The Labute approximate surface area is 106 Å². The number of nitrogens with one attached hydrogen (secondary N) is 1. The molecule has 0 aromatic carbocycles. The summed E-state index contributed by atoms with van der Waals surface area (Å²) in [5.41, 5.74) is 3.24. The van der Waals surface area contributed by atoms with Crippen molar-refractivity contribution in [1.82, 2.24) is 10.3 Å². The summed E-state index contributed by atoms with van der Waals surface area (Å²) in [5.74, 6) is 3.34. The maximum atomic E-state index is 5.24. The molecule has 2 rings (SSSR count). The molecule has 0 aromatic rings. The Balaban J connectivity index is 1.83. The SMILES string of the molecule is C#CCSC1=NNC(C2CCCCN2C)S1. The number of thioether (sulfide) groups is 2. The van der Waals surface area contributed by atoms with Gasteiger partial charge in [-0.3, -0.25) is 5.43 Å². The van der Waals surface area contributed by atoms with Crippen LogP contribution in [0.25, 0.3) is 0 Å². The van der Waals surface area contributed by atoms with E-state index in [1.807, 2.05) is 11.8 Å². The van der Waals surface area contributed by atoms with Crippen molar-refractivity contribution in [3.05, 3.63) is 0 Å². The molecule has 88 valence electrons. The predicted octanol–water partition coefficient (Wildman–Crippen LogP) is 1.77. The van der Waals surface area contributed by atoms with Crippen LogP contribution in [0.15, 0.2) is 5.10 Å². The van der Waals surface area contributed by atoms with Gasteiger partial charge in [0.05, 0.1) is 5.75 Å². The van der Waals surface area contributed by atoms with Crippen molar-refractivity contribution in [2.24, 2.45) is 5.10 Å². The van der Waals surface area contributed by atoms with E-state index in [4.69, 9.17) is 6.42 Å². The molecule has 0 spiro atoms. The lowest BCUT2D eigenvalue weighted by atomic mass is 10.0. The van der Waals surface area contributed by atoms with Crippen molar-refractivity contribution in [3.8, 4) is 12.3 Å². The molecular weight excluding hydrogens is 238 g/mol. The fourth-order valence-electron chi connectivity index (χ4n) is 2.10. The molecule has 0 amide bonds. The van der Waals surface area contributed by atoms with Gasteiger partial charge in [0, 0.05) is 6.04 Å². The Morgan fingerprint density at radius 3 is 3.31 bits per heavy atom. The largest absolute Gasteiger partial charge is 0.300 e. The van der Waals surface area contributed by atoms with Gasteiger partial charge in [-0.2, -0.15) is 5.10 Å². The Morgan fingerprint density at radius 2 is 2.56 bits per heavy atom. The normalized spacial score (nSPS) is 30.6. The van der Waals surface area contributed by atoms with Crippen molar-refractivity contribution in [2.75, 3.05) is 19.3 Å². The zero-order valence-electron chi connectivity index (χ0n) is 9.48. The van der Waals surface area contributed by atoms with Crippen LogP contribution < -0.4 is 5.43 Å². The Kier molecular flexibility index (Phi) is 4.45. The molecule has 0 aromatic heterocycles. The number of hydrazone groups is 1. The zero-order chi connectivity index (χ0) is 11.4. The molecule has 3 nitrogen and oxygen atoms in total. The van der Waals surface area contributed by atoms with Gasteiger partial charge in [0.1, 0.15) is 5.37 Å². The van der Waals surface area contributed by atoms with E-state index in [-0.39, 0.29) is 0 Å². The molecule has 0 aliphatic carbocycles. The first-order chi connectivity index (χ1) is 7.81. The highest BCUT2D eigenvalue weighted by atomic mass is 32.2. The first-order valence-corrected chi connectivity index (χ1v) is 7.44. The van der Waals surface area contributed by atoms with E-state index in [9.17, 15) is 0 Å². The molecule has 2 aliphatic rings. The molecule has 2 atom stereocenters. The summed E-state index contributed by atoms with van der Waals surface area (Å²) in [6, 6.07) is 0.603. The van der Waals surface area contributed by atoms with Crippen LogP contribution in [0.5, 0.6) is 0 Å². The fraction of sp³-hybridized carbons (Fsp3) is 0.727. The summed E-state index contributed by atoms with van der Waals surface area (Å²) >= 11 is 3.47. The maximum Gasteiger partial charge on any atom is 0.152 e. The van der Waals surface area contributed by atoms with E-state index < -0.39 is 0 Å². The van der Waals surface area contributed by atoms with E-state index >= 15 is 0 Å². The lowest BCUT2D eigenvalue weighted by Gasteiger charge is -2.35. The van der Waals surface area contributed by atoms with Crippen molar-refractivity contribution < 1.29 is 0 Å². The van der Waals surface area contributed by atoms with Crippen LogP contribution in [0.4, 0.5) is 0 Å². The number of hydrogen-bond donors (Lipinski definition) is 1. The average molecular weight is 255 g/mol. The van der Waals surface area contributed by atoms with Gasteiger partial charge in [0.15, 0.2) is 4.38 Å². The van der Waals surface area contributed by atoms with E-state index in [0.29, 0.717) is 17.2 Å². The summed E-state index contributed by atoms with van der Waals surface area (Å²) in [4.78, 5) is 2.44. The highest BCUT2D eigenvalue weighted by Crippen LogP contribution is 2.31. The Bertz CT molecular complexity index is 311. The summed E-state index contributed by atoms with van der Waals surface area (Å²) in [6.45, 7) is 1.20. The van der Waals surface area contributed by atoms with Crippen LogP contribution >= 0.6 is 23.5 Å². The lowest BCUT2D eigenvalue weighted by Crippen LogP contribution is -2.46. The van der Waals surface area contributed by atoms with Gasteiger partial charge in [-0.05, 0) is 26.4 Å². The highest BCUT2D eigenvalue weighted by molar-refractivity contribution is 8.39. The van der Waals surface area contributed by atoms with E-state index in [1.165, 1.54) is 25.8 Å². The van der Waals surface area contributed by atoms with E-state index in [2.05, 4.69) is 28.4 Å². The van der Waals surface area contributed by atoms with Gasteiger partial charge >= 0.3 is 0 Å². The van der Waals surface area contributed by atoms with Gasteiger partial charge in [-0.1, -0.05) is 35.9 Å². The third kappa shape index (κ3) is 2.88. The van der Waals surface area contributed by atoms with Gasteiger partial charge in [-0.15, -0.1) is 6.42 Å². The minimum Gasteiger partial charge on any atom is -0.300 e. The van der Waals surface area contributed by atoms with E-state index in [1.54, 1.807) is 11.8 Å². The molecule has 16 heavy (non-hydrogen) atoms. The van der Waals surface area contributed by atoms with Crippen molar-refractivity contribution >= 4 is 27.9 Å². The molecular formula is C11H17N3S2. The first kappa shape index (κ1) is 12.2. The van der Waals surface area contributed by atoms with Crippen LogP contribution in [-0.2, 0) is 0 Å². The number of piperidine rings is 1. The van der Waals surface area contributed by atoms with Gasteiger partial charge in [0.25, 0.3) is 0 Å². The number of nitrogens with zero attached hydrogens (tertiary/aromatic N) is 2. The zero-order valence-corrected chi connectivity index (χ0v) is 11.1. The van der Waals surface area contributed by atoms with Gasteiger partial charge in [-0.25, -0.2) is 0 Å². The number of likely N-dealkylation sites (N-methyl/N-ethyl adjacent to an activating group) is 1. The minimum atomic E-state index is 0.408. The lowest BCUT2D eigenvalue weighted by molar-refractivity contribution is 0.174. The van der Waals surface area contributed by atoms with Crippen molar-refractivity contribution in [2.45, 2.75) is 30.7 Å². The van der Waals surface area contributed by atoms with Gasteiger partial charge < -0.3 is 4.90 Å². The first-order valence-electron chi connectivity index (χ1n) is 5.57. The summed E-state index contributed by atoms with van der Waals surface area (Å²) in [7, 11) is 2.21. The van der Waals surface area contributed by atoms with Crippen LogP contribution in [0.1, 0.15) is 19.3 Å². The second kappa shape index (κ2) is 5.85. The molecule has 0 saturated carbocycles. The minimum absolute atomic E-state index is 0.408. The molecule has 0 bridgehead atoms. The quantitative estimate of drug-likeness (QED) is 0.761. The van der Waals surface area contributed by atoms with Crippen LogP contribution in [0.3, 0.4) is 0 Å². The second-order valence-electron chi connectivity index (χ2n) is 4.08. The smallest absolute Gasteiger partial charge is 0.152 e. The third-order valence-corrected chi connectivity index (χ3v) is 5.22. The molecule has 1 saturated heterocycles. The van der Waals surface area contributed by atoms with Gasteiger partial charge in [0.2, 0.25) is 0 Å². The molecule has 2 aliphatic heterocycles. The molecule has 1 fully saturated rings. The molecule has 5 heteroatoms. The monoisotopic (exact) mass is 255 g/mol. The second-order valence-corrected chi connectivity index (χ2v) is 6.43. The maximum absolute atomic E-state index is 5.24. The molecule has 1 N–H and O–H groups in total. The number of terminal acetylenes is 1. The van der Waals surface area contributed by atoms with Crippen LogP contribution in [0.2, 0.25) is 0 Å². The third-order valence-electron chi connectivity index (χ3n) is 2.97. The molecule has 2 unspecified atom stereocenters. The van der Waals surface area contributed by atoms with E-state index in [0.717, 1.165) is 4.38 Å². The van der Waals surface area contributed by atoms with Crippen molar-refractivity contribution in [1.29, 1.82) is 0 Å². The molecule has 2 heterocycles. The summed E-state index contributed by atoms with van der Waals surface area (Å²) in [5, 5.41) is 4.74. The Morgan fingerprint density at radius 1 is 1.69 bits per heavy atom. The number of likely N-dealkylation sites (tertiary alicyclic amines) is 1. The van der Waals surface area contributed by atoms with Crippen LogP contribution in [0, 0.1) is 12.3 Å². The van der Waals surface area contributed by atoms with Crippen LogP contribution in [-0.4, -0.2) is 40.0 Å². The number of hydrogen-bond acceptors (Lipinski definition) is 5. The summed E-state index contributed by atoms with van der Waals surface area (Å²) in [6.07, 6.45) is 9.17. The molecule has 0 radical (unpaired) electrons. The predicted molar refractivity (Wildman–Crippen MR) is 73.5 cm³/mol. The topological polar surface area (TPSA) is 27.6 Å². The fourth-order valence-corrected chi connectivity index (χ4v) is 4.11. The standard InChI is InChI=1S/C11H17N3S2/c1-3-8-15-11-13-12-10(16-11)9-6-4-5-7-14(9)2/h1,9-10,12H,4-8H2,2H3.